The van der Waals surface area contributed by atoms with Crippen molar-refractivity contribution in [3.8, 4) is 0 Å². The van der Waals surface area contributed by atoms with Crippen LogP contribution < -0.4 is 4.90 Å². The Labute approximate surface area is 150 Å². The zero-order valence-electron chi connectivity index (χ0n) is 15.0. The van der Waals surface area contributed by atoms with E-state index in [9.17, 15) is 9.90 Å². The van der Waals surface area contributed by atoms with Gasteiger partial charge in [-0.05, 0) is 25.0 Å². The van der Waals surface area contributed by atoms with E-state index in [0.717, 1.165) is 44.6 Å². The van der Waals surface area contributed by atoms with Gasteiger partial charge < -0.3 is 19.6 Å². The molecule has 2 N–H and O–H groups in total. The highest BCUT2D eigenvalue weighted by atomic mass is 16.5. The van der Waals surface area contributed by atoms with Crippen LogP contribution in [0.5, 0.6) is 0 Å². The summed E-state index contributed by atoms with van der Waals surface area (Å²) in [6, 6.07) is 9.46. The van der Waals surface area contributed by atoms with Crippen LogP contribution in [0.1, 0.15) is 42.5 Å². The lowest BCUT2D eigenvalue weighted by Gasteiger charge is -2.33. The topological polar surface area (TPSA) is 54.2 Å². The molecule has 1 aromatic rings. The molecule has 138 valence electrons. The number of nitrogens with zero attached hydrogens (tertiary/aromatic N) is 1. The number of ether oxygens (including phenoxy) is 1. The van der Waals surface area contributed by atoms with Crippen LogP contribution in [0.15, 0.2) is 30.3 Å². The van der Waals surface area contributed by atoms with Crippen molar-refractivity contribution < 1.29 is 19.5 Å². The van der Waals surface area contributed by atoms with E-state index in [2.05, 4.69) is 0 Å². The van der Waals surface area contributed by atoms with Gasteiger partial charge in [0.1, 0.15) is 12.6 Å². The first-order valence-electron chi connectivity index (χ1n) is 9.70. The molecule has 1 atom stereocenters. The third-order valence-electron chi connectivity index (χ3n) is 5.38. The van der Waals surface area contributed by atoms with Crippen molar-refractivity contribution in [1.82, 2.24) is 4.90 Å². The van der Waals surface area contributed by atoms with Crippen LogP contribution in [0.4, 0.5) is 0 Å². The molecule has 1 saturated heterocycles. The summed E-state index contributed by atoms with van der Waals surface area (Å²) in [6.45, 7) is 4.43. The van der Waals surface area contributed by atoms with Crippen molar-refractivity contribution in [1.29, 1.82) is 0 Å². The quantitative estimate of drug-likeness (QED) is 0.798. The molecule has 1 aromatic carbocycles. The van der Waals surface area contributed by atoms with Crippen molar-refractivity contribution >= 4 is 5.91 Å². The molecule has 0 spiro atoms. The van der Waals surface area contributed by atoms with Crippen molar-refractivity contribution in [2.24, 2.45) is 0 Å². The smallest absolute Gasteiger partial charge is 0.254 e. The summed E-state index contributed by atoms with van der Waals surface area (Å²) in [6.07, 6.45) is 6.04. The van der Waals surface area contributed by atoms with E-state index in [-0.39, 0.29) is 5.91 Å². The van der Waals surface area contributed by atoms with Crippen molar-refractivity contribution in [3.05, 3.63) is 35.9 Å². The molecule has 0 bridgehead atoms. The predicted molar refractivity (Wildman–Crippen MR) is 96.7 cm³/mol. The fourth-order valence-corrected chi connectivity index (χ4v) is 3.86. The summed E-state index contributed by atoms with van der Waals surface area (Å²) in [5, 5.41) is 10.3. The Morgan fingerprint density at radius 1 is 1.16 bits per heavy atom. The first-order valence-corrected chi connectivity index (χ1v) is 9.70. The number of carbonyl (C=O) groups is 1. The summed E-state index contributed by atoms with van der Waals surface area (Å²) >= 11 is 0. The van der Waals surface area contributed by atoms with Gasteiger partial charge in [0.05, 0.1) is 38.9 Å². The van der Waals surface area contributed by atoms with Crippen LogP contribution in [0, 0.1) is 0 Å². The molecule has 3 rings (SSSR count). The van der Waals surface area contributed by atoms with Gasteiger partial charge in [-0.25, -0.2) is 0 Å². The lowest BCUT2D eigenvalue weighted by Crippen LogP contribution is -3.15. The second kappa shape index (κ2) is 9.32. The third kappa shape index (κ3) is 5.53. The van der Waals surface area contributed by atoms with Gasteiger partial charge in [-0.15, -0.1) is 0 Å². The van der Waals surface area contributed by atoms with E-state index in [0.29, 0.717) is 19.3 Å². The van der Waals surface area contributed by atoms with Gasteiger partial charge in [-0.3, -0.25) is 4.79 Å². The number of aliphatic hydroxyl groups is 1. The second-order valence-corrected chi connectivity index (χ2v) is 7.36. The fourth-order valence-electron chi connectivity index (χ4n) is 3.86. The van der Waals surface area contributed by atoms with Gasteiger partial charge in [0.15, 0.2) is 0 Å². The van der Waals surface area contributed by atoms with Gasteiger partial charge in [0.2, 0.25) is 0 Å². The average molecular weight is 347 g/mol. The van der Waals surface area contributed by atoms with Crippen molar-refractivity contribution in [2.45, 2.75) is 44.3 Å². The van der Waals surface area contributed by atoms with Gasteiger partial charge in [0, 0.05) is 5.56 Å². The number of hydrogen-bond donors (Lipinski definition) is 2. The number of nitrogens with one attached hydrogen (secondary N) is 1. The molecule has 1 saturated carbocycles. The number of aliphatic hydroxyl groups excluding tert-OH is 1. The Morgan fingerprint density at radius 3 is 2.52 bits per heavy atom. The minimum absolute atomic E-state index is 0.112. The Bertz CT molecular complexity index is 523. The van der Waals surface area contributed by atoms with Gasteiger partial charge >= 0.3 is 0 Å². The van der Waals surface area contributed by atoms with E-state index >= 15 is 0 Å². The van der Waals surface area contributed by atoms with Crippen LogP contribution in [-0.2, 0) is 4.74 Å². The van der Waals surface area contributed by atoms with Crippen molar-refractivity contribution in [2.75, 3.05) is 39.3 Å². The van der Waals surface area contributed by atoms with E-state index in [1.807, 2.05) is 35.2 Å². The van der Waals surface area contributed by atoms with Crippen LogP contribution >= 0.6 is 0 Å². The maximum absolute atomic E-state index is 12.5. The number of hydrogen-bond acceptors (Lipinski definition) is 3. The third-order valence-corrected chi connectivity index (χ3v) is 5.38. The van der Waals surface area contributed by atoms with Crippen LogP contribution in [0.3, 0.4) is 0 Å². The minimum atomic E-state index is -0.409. The fraction of sp³-hybridized carbons (Fsp3) is 0.650. The zero-order chi connectivity index (χ0) is 17.5. The number of amides is 1. The monoisotopic (exact) mass is 347 g/mol. The normalized spacial score (nSPS) is 21.2. The molecule has 5 nitrogen and oxygen atoms in total. The number of piperazine rings is 1. The van der Waals surface area contributed by atoms with Gasteiger partial charge in [-0.2, -0.15) is 0 Å². The second-order valence-electron chi connectivity index (χ2n) is 7.36. The SMILES string of the molecule is O=C(c1ccccc1)N1CC[NH+](C[C@@H](O)COC2CCCCC2)CC1. The zero-order valence-corrected chi connectivity index (χ0v) is 15.0. The molecule has 2 aliphatic rings. The Morgan fingerprint density at radius 2 is 1.84 bits per heavy atom. The predicted octanol–water partition coefficient (Wildman–Crippen LogP) is 0.738. The first-order chi connectivity index (χ1) is 12.2. The molecule has 0 unspecified atom stereocenters. The molecular weight excluding hydrogens is 316 g/mol. The standard InChI is InChI=1S/C20H30N2O3/c23-18(16-25-19-9-5-2-6-10-19)15-21-11-13-22(14-12-21)20(24)17-7-3-1-4-8-17/h1,3-4,7-8,18-19,23H,2,5-6,9-16H2/p+1/t18-/m1/s1. The highest BCUT2D eigenvalue weighted by molar-refractivity contribution is 5.94. The molecular formula is C20H31N2O3+. The van der Waals surface area contributed by atoms with E-state index in [4.69, 9.17) is 4.74 Å². The average Bonchev–Trinajstić information content (AvgIpc) is 2.68. The molecule has 0 radical (unpaired) electrons. The van der Waals surface area contributed by atoms with Gasteiger partial charge in [0.25, 0.3) is 5.91 Å². The van der Waals surface area contributed by atoms with E-state index in [1.165, 1.54) is 24.2 Å². The summed E-state index contributed by atoms with van der Waals surface area (Å²) in [5.41, 5.74) is 0.756. The van der Waals surface area contributed by atoms with E-state index < -0.39 is 6.10 Å². The molecule has 1 heterocycles. The minimum Gasteiger partial charge on any atom is -0.385 e. The Kier molecular flexibility index (Phi) is 6.84. The largest absolute Gasteiger partial charge is 0.385 e. The molecule has 1 aliphatic heterocycles. The van der Waals surface area contributed by atoms with Gasteiger partial charge in [-0.1, -0.05) is 37.5 Å². The summed E-state index contributed by atoms with van der Waals surface area (Å²) in [7, 11) is 0. The highest BCUT2D eigenvalue weighted by Crippen LogP contribution is 2.20. The highest BCUT2D eigenvalue weighted by Gasteiger charge is 2.26. The molecule has 0 aromatic heterocycles. The molecule has 2 fully saturated rings. The summed E-state index contributed by atoms with van der Waals surface area (Å²) in [5.74, 6) is 0.112. The number of rotatable bonds is 6. The van der Waals surface area contributed by atoms with E-state index in [1.54, 1.807) is 0 Å². The van der Waals surface area contributed by atoms with Crippen LogP contribution in [0.2, 0.25) is 0 Å². The van der Waals surface area contributed by atoms with Crippen LogP contribution in [0.25, 0.3) is 0 Å². The summed E-state index contributed by atoms with van der Waals surface area (Å²) < 4.78 is 5.88. The lowest BCUT2D eigenvalue weighted by molar-refractivity contribution is -0.907. The van der Waals surface area contributed by atoms with Crippen molar-refractivity contribution in [3.63, 3.8) is 0 Å². The number of quaternary nitrogens is 1. The molecule has 5 heteroatoms. The first kappa shape index (κ1) is 18.4. The number of carbonyl (C=O) groups excluding carboxylic acids is 1. The number of benzene rings is 1. The Balaban J connectivity index is 1.36. The Hall–Kier alpha value is -1.43. The molecule has 25 heavy (non-hydrogen) atoms. The lowest BCUT2D eigenvalue weighted by atomic mass is 9.98. The summed E-state index contributed by atoms with van der Waals surface area (Å²) in [4.78, 5) is 15.7. The molecule has 1 amide bonds. The maximum Gasteiger partial charge on any atom is 0.254 e. The molecule has 1 aliphatic carbocycles. The maximum atomic E-state index is 12.5. The van der Waals surface area contributed by atoms with Crippen LogP contribution in [-0.4, -0.2) is 67.5 Å².